The molecule has 182 valence electrons. The van der Waals surface area contributed by atoms with Crippen molar-refractivity contribution in [2.24, 2.45) is 0 Å². The van der Waals surface area contributed by atoms with Crippen molar-refractivity contribution in [2.45, 2.75) is 63.6 Å². The van der Waals surface area contributed by atoms with Gasteiger partial charge in [0, 0.05) is 24.9 Å². The molecule has 1 atom stereocenters. The van der Waals surface area contributed by atoms with E-state index in [1.165, 1.54) is 12.1 Å². The summed E-state index contributed by atoms with van der Waals surface area (Å²) in [6.07, 6.45) is 4.43. The van der Waals surface area contributed by atoms with Crippen molar-refractivity contribution in [3.8, 4) is 0 Å². The number of benzene rings is 3. The van der Waals surface area contributed by atoms with E-state index in [4.69, 9.17) is 0 Å². The number of amides is 2. The molecule has 0 spiro atoms. The van der Waals surface area contributed by atoms with Crippen molar-refractivity contribution in [1.29, 1.82) is 0 Å². The number of halogens is 1. The maximum atomic E-state index is 13.8. The Labute approximate surface area is 207 Å². The SMILES string of the molecule is C[C@H](C(=O)NC1CCCC1)N(Cc1ccc(F)cc1)C(=O)CC(c1ccccc1)c1ccccc1. The Morgan fingerprint density at radius 3 is 1.97 bits per heavy atom. The number of nitrogens with zero attached hydrogens (tertiary/aromatic N) is 1. The first-order valence-corrected chi connectivity index (χ1v) is 12.5. The Balaban J connectivity index is 1.59. The lowest BCUT2D eigenvalue weighted by Crippen LogP contribution is -2.49. The van der Waals surface area contributed by atoms with Crippen molar-refractivity contribution in [2.75, 3.05) is 0 Å². The average molecular weight is 473 g/mol. The van der Waals surface area contributed by atoms with Gasteiger partial charge >= 0.3 is 0 Å². The number of carbonyl (C=O) groups is 2. The number of nitrogens with one attached hydrogen (secondary N) is 1. The molecule has 3 aromatic carbocycles. The lowest BCUT2D eigenvalue weighted by Gasteiger charge is -2.31. The summed E-state index contributed by atoms with van der Waals surface area (Å²) in [6, 6.07) is 25.6. The molecule has 1 fully saturated rings. The van der Waals surface area contributed by atoms with E-state index in [1.807, 2.05) is 60.7 Å². The van der Waals surface area contributed by atoms with Crippen LogP contribution >= 0.6 is 0 Å². The topological polar surface area (TPSA) is 49.4 Å². The van der Waals surface area contributed by atoms with E-state index in [2.05, 4.69) is 5.32 Å². The summed E-state index contributed by atoms with van der Waals surface area (Å²) in [4.78, 5) is 28.6. The molecule has 35 heavy (non-hydrogen) atoms. The lowest BCUT2D eigenvalue weighted by atomic mass is 9.88. The van der Waals surface area contributed by atoms with Gasteiger partial charge in [-0.3, -0.25) is 9.59 Å². The van der Waals surface area contributed by atoms with Gasteiger partial charge in [0.15, 0.2) is 0 Å². The first-order chi connectivity index (χ1) is 17.0. The maximum absolute atomic E-state index is 13.8. The number of hydrogen-bond donors (Lipinski definition) is 1. The van der Waals surface area contributed by atoms with Crippen LogP contribution in [0.3, 0.4) is 0 Å². The molecular weight excluding hydrogens is 439 g/mol. The van der Waals surface area contributed by atoms with Crippen LogP contribution in [0.1, 0.15) is 61.6 Å². The highest BCUT2D eigenvalue weighted by Gasteiger charge is 2.30. The minimum absolute atomic E-state index is 0.110. The second-order valence-corrected chi connectivity index (χ2v) is 9.39. The fourth-order valence-electron chi connectivity index (χ4n) is 4.85. The Hall–Kier alpha value is -3.47. The molecule has 4 nitrogen and oxygen atoms in total. The van der Waals surface area contributed by atoms with Gasteiger partial charge in [-0.25, -0.2) is 4.39 Å². The van der Waals surface area contributed by atoms with Crippen molar-refractivity contribution >= 4 is 11.8 Å². The zero-order valence-electron chi connectivity index (χ0n) is 20.2. The predicted octanol–water partition coefficient (Wildman–Crippen LogP) is 5.82. The van der Waals surface area contributed by atoms with Gasteiger partial charge in [-0.15, -0.1) is 0 Å². The first-order valence-electron chi connectivity index (χ1n) is 12.5. The molecule has 0 aliphatic heterocycles. The second-order valence-electron chi connectivity index (χ2n) is 9.39. The van der Waals surface area contributed by atoms with Crippen LogP contribution in [-0.4, -0.2) is 28.8 Å². The van der Waals surface area contributed by atoms with E-state index in [9.17, 15) is 14.0 Å². The molecule has 0 radical (unpaired) electrons. The Bertz CT molecular complexity index is 1060. The fraction of sp³-hybridized carbons (Fsp3) is 0.333. The molecule has 1 aliphatic rings. The van der Waals surface area contributed by atoms with Gasteiger partial charge < -0.3 is 10.2 Å². The standard InChI is InChI=1S/C30H33FN2O2/c1-22(30(35)32-27-14-8-9-15-27)33(21-23-16-18-26(31)19-17-23)29(34)20-28(24-10-4-2-5-11-24)25-12-6-3-7-13-25/h2-7,10-13,16-19,22,27-28H,8-9,14-15,20-21H2,1H3,(H,32,35)/t22-/m1/s1. The van der Waals surface area contributed by atoms with Crippen LogP contribution in [0.15, 0.2) is 84.9 Å². The summed E-state index contributed by atoms with van der Waals surface area (Å²) in [5, 5.41) is 3.13. The lowest BCUT2D eigenvalue weighted by molar-refractivity contribution is -0.141. The molecule has 1 saturated carbocycles. The van der Waals surface area contributed by atoms with Crippen molar-refractivity contribution in [3.05, 3.63) is 107 Å². The van der Waals surface area contributed by atoms with Crippen LogP contribution in [0.2, 0.25) is 0 Å². The minimum atomic E-state index is -0.639. The summed E-state index contributed by atoms with van der Waals surface area (Å²) in [7, 11) is 0. The van der Waals surface area contributed by atoms with Crippen LogP contribution in [0.25, 0.3) is 0 Å². The van der Waals surface area contributed by atoms with Crippen LogP contribution in [0.5, 0.6) is 0 Å². The van der Waals surface area contributed by atoms with E-state index >= 15 is 0 Å². The molecule has 3 aromatic rings. The first kappa shape index (κ1) is 24.6. The summed E-state index contributed by atoms with van der Waals surface area (Å²) in [5.74, 6) is -0.706. The summed E-state index contributed by atoms with van der Waals surface area (Å²) >= 11 is 0. The number of hydrogen-bond acceptors (Lipinski definition) is 2. The van der Waals surface area contributed by atoms with Crippen LogP contribution < -0.4 is 5.32 Å². The number of rotatable bonds is 9. The van der Waals surface area contributed by atoms with Gasteiger partial charge in [0.25, 0.3) is 0 Å². The van der Waals surface area contributed by atoms with Gasteiger partial charge in [-0.2, -0.15) is 0 Å². The van der Waals surface area contributed by atoms with E-state index < -0.39 is 6.04 Å². The predicted molar refractivity (Wildman–Crippen MR) is 136 cm³/mol. The summed E-state index contributed by atoms with van der Waals surface area (Å²) in [5.41, 5.74) is 2.89. The largest absolute Gasteiger partial charge is 0.352 e. The van der Waals surface area contributed by atoms with Gasteiger partial charge in [-0.05, 0) is 48.6 Å². The zero-order chi connectivity index (χ0) is 24.6. The van der Waals surface area contributed by atoms with Crippen LogP contribution in [0.4, 0.5) is 4.39 Å². The molecule has 0 bridgehead atoms. The third kappa shape index (κ3) is 6.56. The Morgan fingerprint density at radius 1 is 0.886 bits per heavy atom. The van der Waals surface area contributed by atoms with E-state index in [0.29, 0.717) is 0 Å². The Morgan fingerprint density at radius 2 is 1.43 bits per heavy atom. The van der Waals surface area contributed by atoms with Gasteiger partial charge in [0.2, 0.25) is 11.8 Å². The molecule has 0 saturated heterocycles. The smallest absolute Gasteiger partial charge is 0.242 e. The summed E-state index contributed by atoms with van der Waals surface area (Å²) < 4.78 is 13.5. The van der Waals surface area contributed by atoms with Gasteiger partial charge in [0.1, 0.15) is 11.9 Å². The number of carbonyl (C=O) groups excluding carboxylic acids is 2. The molecule has 1 N–H and O–H groups in total. The molecule has 5 heteroatoms. The molecule has 0 unspecified atom stereocenters. The van der Waals surface area contributed by atoms with Crippen LogP contribution in [0, 0.1) is 5.82 Å². The average Bonchev–Trinajstić information content (AvgIpc) is 3.40. The zero-order valence-corrected chi connectivity index (χ0v) is 20.2. The highest BCUT2D eigenvalue weighted by Crippen LogP contribution is 2.29. The maximum Gasteiger partial charge on any atom is 0.242 e. The Kier molecular flexibility index (Phi) is 8.30. The van der Waals surface area contributed by atoms with E-state index in [0.717, 1.165) is 42.4 Å². The molecular formula is C30H33FN2O2. The third-order valence-corrected chi connectivity index (χ3v) is 6.92. The van der Waals surface area contributed by atoms with Crippen molar-refractivity contribution in [3.63, 3.8) is 0 Å². The second kappa shape index (κ2) is 11.8. The summed E-state index contributed by atoms with van der Waals surface area (Å²) in [6.45, 7) is 2.03. The van der Waals surface area contributed by atoms with Gasteiger partial charge in [-0.1, -0.05) is 85.6 Å². The molecule has 0 heterocycles. The van der Waals surface area contributed by atoms with Crippen LogP contribution in [-0.2, 0) is 16.1 Å². The normalized spacial score (nSPS) is 14.6. The molecule has 2 amide bonds. The third-order valence-electron chi connectivity index (χ3n) is 6.92. The highest BCUT2D eigenvalue weighted by atomic mass is 19.1. The molecule has 0 aromatic heterocycles. The molecule has 1 aliphatic carbocycles. The molecule has 4 rings (SSSR count). The van der Waals surface area contributed by atoms with Crippen molar-refractivity contribution < 1.29 is 14.0 Å². The quantitative estimate of drug-likeness (QED) is 0.426. The van der Waals surface area contributed by atoms with E-state index in [-0.39, 0.29) is 42.6 Å². The minimum Gasteiger partial charge on any atom is -0.352 e. The van der Waals surface area contributed by atoms with Gasteiger partial charge in [0.05, 0.1) is 0 Å². The van der Waals surface area contributed by atoms with E-state index in [1.54, 1.807) is 24.0 Å². The van der Waals surface area contributed by atoms with Crippen molar-refractivity contribution in [1.82, 2.24) is 10.2 Å². The monoisotopic (exact) mass is 472 g/mol. The highest BCUT2D eigenvalue weighted by molar-refractivity contribution is 5.88. The fourth-order valence-corrected chi connectivity index (χ4v) is 4.85.